The largest absolute Gasteiger partial charge is 0.465 e. The lowest BCUT2D eigenvalue weighted by Gasteiger charge is -2.28. The van der Waals surface area contributed by atoms with Crippen LogP contribution in [0.3, 0.4) is 0 Å². The molecule has 3 nitrogen and oxygen atoms in total. The van der Waals surface area contributed by atoms with Crippen LogP contribution in [0.5, 0.6) is 0 Å². The van der Waals surface area contributed by atoms with E-state index in [2.05, 4.69) is 13.8 Å². The average Bonchev–Trinajstić information content (AvgIpc) is 2.38. The second kappa shape index (κ2) is 9.11. The van der Waals surface area contributed by atoms with Gasteiger partial charge in [0.1, 0.15) is 12.7 Å². The van der Waals surface area contributed by atoms with Crippen LogP contribution in [-0.2, 0) is 14.3 Å². The highest BCUT2D eigenvalue weighted by atomic mass is 16.5. The lowest BCUT2D eigenvalue weighted by atomic mass is 9.80. The zero-order valence-corrected chi connectivity index (χ0v) is 12.4. The number of hydrogen-bond donors (Lipinski definition) is 0. The minimum absolute atomic E-state index is 0.107. The first-order chi connectivity index (χ1) is 9.11. The van der Waals surface area contributed by atoms with E-state index < -0.39 is 0 Å². The summed E-state index contributed by atoms with van der Waals surface area (Å²) in [5.74, 6) is 1.82. The molecule has 0 N–H and O–H groups in total. The first-order valence-corrected chi connectivity index (χ1v) is 7.71. The SMILES string of the molecule is CC(C)CCCC1CCC(COC(=O)CC=O)CC1. The fourth-order valence-corrected chi connectivity index (χ4v) is 2.84. The standard InChI is InChI=1S/C16H28O3/c1-13(2)4-3-5-14-6-8-15(9-7-14)12-19-16(18)10-11-17/h11,13-15H,3-10,12H2,1-2H3. The second-order valence-electron chi connectivity index (χ2n) is 6.27. The van der Waals surface area contributed by atoms with Crippen molar-refractivity contribution in [3.8, 4) is 0 Å². The normalized spacial score (nSPS) is 23.3. The van der Waals surface area contributed by atoms with E-state index in [4.69, 9.17) is 4.74 Å². The third-order valence-corrected chi connectivity index (χ3v) is 4.09. The van der Waals surface area contributed by atoms with Crippen LogP contribution in [0, 0.1) is 17.8 Å². The molecule has 0 saturated heterocycles. The van der Waals surface area contributed by atoms with Crippen molar-refractivity contribution in [1.29, 1.82) is 0 Å². The Balaban J connectivity index is 2.08. The third kappa shape index (κ3) is 7.34. The molecule has 1 rings (SSSR count). The van der Waals surface area contributed by atoms with Gasteiger partial charge in [0.15, 0.2) is 0 Å². The molecule has 3 heteroatoms. The number of aldehydes is 1. The van der Waals surface area contributed by atoms with Crippen molar-refractivity contribution in [2.24, 2.45) is 17.8 Å². The Labute approximate surface area is 117 Å². The Kier molecular flexibility index (Phi) is 7.76. The zero-order valence-electron chi connectivity index (χ0n) is 12.4. The quantitative estimate of drug-likeness (QED) is 0.382. The summed E-state index contributed by atoms with van der Waals surface area (Å²) in [5, 5.41) is 0. The molecule has 1 saturated carbocycles. The molecule has 0 aromatic rings. The molecule has 0 radical (unpaired) electrons. The number of rotatable bonds is 8. The fourth-order valence-electron chi connectivity index (χ4n) is 2.84. The van der Waals surface area contributed by atoms with E-state index in [9.17, 15) is 9.59 Å². The van der Waals surface area contributed by atoms with Gasteiger partial charge in [0.05, 0.1) is 6.61 Å². The van der Waals surface area contributed by atoms with E-state index in [1.54, 1.807) is 0 Å². The topological polar surface area (TPSA) is 43.4 Å². The van der Waals surface area contributed by atoms with Crippen LogP contribution < -0.4 is 0 Å². The summed E-state index contributed by atoms with van der Waals surface area (Å²) in [6.07, 6.45) is 9.42. The molecule has 1 aliphatic carbocycles. The van der Waals surface area contributed by atoms with Crippen LogP contribution in [0.2, 0.25) is 0 Å². The molecule has 0 heterocycles. The number of carbonyl (C=O) groups excluding carboxylic acids is 2. The minimum atomic E-state index is -0.381. The Morgan fingerprint density at radius 2 is 1.84 bits per heavy atom. The van der Waals surface area contributed by atoms with Gasteiger partial charge in [-0.25, -0.2) is 0 Å². The highest BCUT2D eigenvalue weighted by molar-refractivity contribution is 5.83. The molecule has 0 aromatic heterocycles. The summed E-state index contributed by atoms with van der Waals surface area (Å²) >= 11 is 0. The van der Waals surface area contributed by atoms with E-state index in [0.29, 0.717) is 18.8 Å². The van der Waals surface area contributed by atoms with Crippen LogP contribution >= 0.6 is 0 Å². The molecule has 0 aromatic carbocycles. The lowest BCUT2D eigenvalue weighted by Crippen LogP contribution is -2.20. The van der Waals surface area contributed by atoms with Crippen LogP contribution in [0.1, 0.15) is 65.2 Å². The maximum atomic E-state index is 11.1. The maximum absolute atomic E-state index is 11.1. The Hall–Kier alpha value is -0.860. The fraction of sp³-hybridized carbons (Fsp3) is 0.875. The Morgan fingerprint density at radius 3 is 2.42 bits per heavy atom. The van der Waals surface area contributed by atoms with E-state index >= 15 is 0 Å². The van der Waals surface area contributed by atoms with Gasteiger partial charge in [-0.05, 0) is 30.6 Å². The van der Waals surface area contributed by atoms with Gasteiger partial charge in [-0.3, -0.25) is 4.79 Å². The van der Waals surface area contributed by atoms with Gasteiger partial charge in [-0.1, -0.05) is 46.0 Å². The predicted molar refractivity (Wildman–Crippen MR) is 75.8 cm³/mol. The lowest BCUT2D eigenvalue weighted by molar-refractivity contribution is -0.146. The zero-order chi connectivity index (χ0) is 14.1. The summed E-state index contributed by atoms with van der Waals surface area (Å²) in [7, 11) is 0. The summed E-state index contributed by atoms with van der Waals surface area (Å²) in [5.41, 5.74) is 0. The van der Waals surface area contributed by atoms with Gasteiger partial charge in [0.25, 0.3) is 0 Å². The Morgan fingerprint density at radius 1 is 1.21 bits per heavy atom. The second-order valence-corrected chi connectivity index (χ2v) is 6.27. The molecule has 1 fully saturated rings. The maximum Gasteiger partial charge on any atom is 0.313 e. The number of ether oxygens (including phenoxy) is 1. The highest BCUT2D eigenvalue weighted by Gasteiger charge is 2.21. The van der Waals surface area contributed by atoms with Gasteiger partial charge in [-0.15, -0.1) is 0 Å². The van der Waals surface area contributed by atoms with Gasteiger partial charge in [-0.2, -0.15) is 0 Å². The van der Waals surface area contributed by atoms with Gasteiger partial charge in [0.2, 0.25) is 0 Å². The third-order valence-electron chi connectivity index (χ3n) is 4.09. The first-order valence-electron chi connectivity index (χ1n) is 7.71. The molecule has 0 unspecified atom stereocenters. The van der Waals surface area contributed by atoms with E-state index in [0.717, 1.165) is 11.8 Å². The molecule has 0 spiro atoms. The van der Waals surface area contributed by atoms with Crippen LogP contribution in [0.25, 0.3) is 0 Å². The van der Waals surface area contributed by atoms with E-state index in [-0.39, 0.29) is 12.4 Å². The molecule has 19 heavy (non-hydrogen) atoms. The smallest absolute Gasteiger partial charge is 0.313 e. The molecule has 0 amide bonds. The monoisotopic (exact) mass is 268 g/mol. The average molecular weight is 268 g/mol. The van der Waals surface area contributed by atoms with Crippen molar-refractivity contribution in [2.45, 2.75) is 65.2 Å². The van der Waals surface area contributed by atoms with Crippen molar-refractivity contribution >= 4 is 12.3 Å². The highest BCUT2D eigenvalue weighted by Crippen LogP contribution is 2.32. The van der Waals surface area contributed by atoms with Crippen molar-refractivity contribution in [2.75, 3.05) is 6.61 Å². The van der Waals surface area contributed by atoms with E-state index in [1.165, 1.54) is 44.9 Å². The van der Waals surface area contributed by atoms with Crippen LogP contribution in [-0.4, -0.2) is 18.9 Å². The summed E-state index contributed by atoms with van der Waals surface area (Å²) in [6, 6.07) is 0. The Bertz CT molecular complexity index is 265. The number of esters is 1. The molecule has 1 aliphatic rings. The van der Waals surface area contributed by atoms with Gasteiger partial charge >= 0.3 is 5.97 Å². The molecular formula is C16H28O3. The van der Waals surface area contributed by atoms with Crippen LogP contribution in [0.15, 0.2) is 0 Å². The molecular weight excluding hydrogens is 240 g/mol. The minimum Gasteiger partial charge on any atom is -0.465 e. The van der Waals surface area contributed by atoms with Crippen molar-refractivity contribution in [1.82, 2.24) is 0 Å². The molecule has 0 atom stereocenters. The first kappa shape index (κ1) is 16.2. The summed E-state index contributed by atoms with van der Waals surface area (Å²) in [4.78, 5) is 21.3. The van der Waals surface area contributed by atoms with Crippen molar-refractivity contribution < 1.29 is 14.3 Å². The van der Waals surface area contributed by atoms with Crippen LogP contribution in [0.4, 0.5) is 0 Å². The molecule has 0 aliphatic heterocycles. The number of carbonyl (C=O) groups is 2. The number of hydrogen-bond acceptors (Lipinski definition) is 3. The molecule has 0 bridgehead atoms. The summed E-state index contributed by atoms with van der Waals surface area (Å²) < 4.78 is 5.10. The van der Waals surface area contributed by atoms with Crippen molar-refractivity contribution in [3.63, 3.8) is 0 Å². The van der Waals surface area contributed by atoms with Crippen molar-refractivity contribution in [3.05, 3.63) is 0 Å². The summed E-state index contributed by atoms with van der Waals surface area (Å²) in [6.45, 7) is 5.07. The van der Waals surface area contributed by atoms with E-state index in [1.807, 2.05) is 0 Å². The predicted octanol–water partition coefficient (Wildman–Crippen LogP) is 3.75. The van der Waals surface area contributed by atoms with Gasteiger partial charge in [0, 0.05) is 0 Å². The molecule has 110 valence electrons. The van der Waals surface area contributed by atoms with Gasteiger partial charge < -0.3 is 9.53 Å².